The maximum Gasteiger partial charge on any atom is 0.250 e. The standard InChI is InChI=1S/C12H22N2O3S2/c1-10(2)14(3)8-4-7-13-19(16,17)12-6-5-11(9-15)18-12/h5-6,10,13,15H,4,7-9H2,1-3H3. The minimum absolute atomic E-state index is 0.126. The number of hydrogen-bond acceptors (Lipinski definition) is 5. The Labute approximate surface area is 119 Å². The molecule has 0 atom stereocenters. The number of aliphatic hydroxyl groups excluding tert-OH is 1. The van der Waals surface area contributed by atoms with Gasteiger partial charge in [-0.3, -0.25) is 0 Å². The average Bonchev–Trinajstić information content (AvgIpc) is 2.83. The molecule has 1 aromatic heterocycles. The molecule has 0 unspecified atom stereocenters. The van der Waals surface area contributed by atoms with Crippen molar-refractivity contribution in [2.75, 3.05) is 20.1 Å². The van der Waals surface area contributed by atoms with Gasteiger partial charge in [-0.2, -0.15) is 0 Å². The lowest BCUT2D eigenvalue weighted by molar-refractivity contribution is 0.271. The van der Waals surface area contributed by atoms with Gasteiger partial charge in [0.15, 0.2) is 0 Å². The molecule has 0 saturated heterocycles. The van der Waals surface area contributed by atoms with Crippen molar-refractivity contribution in [1.29, 1.82) is 0 Å². The molecule has 0 aromatic carbocycles. The van der Waals surface area contributed by atoms with E-state index in [0.29, 0.717) is 17.5 Å². The average molecular weight is 306 g/mol. The van der Waals surface area contributed by atoms with Crippen molar-refractivity contribution in [3.8, 4) is 0 Å². The minimum Gasteiger partial charge on any atom is -0.391 e. The third-order valence-corrected chi connectivity index (χ3v) is 5.94. The van der Waals surface area contributed by atoms with Crippen molar-refractivity contribution in [2.24, 2.45) is 0 Å². The Balaban J connectivity index is 2.43. The van der Waals surface area contributed by atoms with Gasteiger partial charge in [-0.15, -0.1) is 11.3 Å². The van der Waals surface area contributed by atoms with Gasteiger partial charge in [0.05, 0.1) is 6.61 Å². The van der Waals surface area contributed by atoms with Crippen LogP contribution in [-0.2, 0) is 16.6 Å². The summed E-state index contributed by atoms with van der Waals surface area (Å²) in [5.41, 5.74) is 0. The summed E-state index contributed by atoms with van der Waals surface area (Å²) >= 11 is 1.10. The quantitative estimate of drug-likeness (QED) is 0.709. The zero-order valence-corrected chi connectivity index (χ0v) is 13.2. The molecule has 0 spiro atoms. The van der Waals surface area contributed by atoms with Crippen LogP contribution in [0.25, 0.3) is 0 Å². The number of thiophene rings is 1. The van der Waals surface area contributed by atoms with E-state index in [1.165, 1.54) is 6.07 Å². The van der Waals surface area contributed by atoms with Gasteiger partial charge in [-0.25, -0.2) is 13.1 Å². The van der Waals surface area contributed by atoms with Gasteiger partial charge >= 0.3 is 0 Å². The number of rotatable bonds is 8. The highest BCUT2D eigenvalue weighted by Gasteiger charge is 2.16. The Morgan fingerprint density at radius 1 is 1.42 bits per heavy atom. The molecule has 1 aromatic rings. The zero-order valence-electron chi connectivity index (χ0n) is 11.6. The lowest BCUT2D eigenvalue weighted by atomic mass is 10.3. The normalized spacial score (nSPS) is 12.5. The molecule has 0 saturated carbocycles. The lowest BCUT2D eigenvalue weighted by Gasteiger charge is -2.20. The van der Waals surface area contributed by atoms with Crippen LogP contribution in [0.1, 0.15) is 25.1 Å². The highest BCUT2D eigenvalue weighted by atomic mass is 32.2. The molecule has 0 amide bonds. The number of nitrogens with one attached hydrogen (secondary N) is 1. The maximum atomic E-state index is 11.9. The molecule has 0 fully saturated rings. The summed E-state index contributed by atoms with van der Waals surface area (Å²) < 4.78 is 26.7. The van der Waals surface area contributed by atoms with Crippen LogP contribution in [0.15, 0.2) is 16.3 Å². The summed E-state index contributed by atoms with van der Waals surface area (Å²) in [6.07, 6.45) is 0.770. The molecule has 5 nitrogen and oxygen atoms in total. The molecule has 0 radical (unpaired) electrons. The minimum atomic E-state index is -3.43. The maximum absolute atomic E-state index is 11.9. The van der Waals surface area contributed by atoms with E-state index >= 15 is 0 Å². The van der Waals surface area contributed by atoms with Crippen molar-refractivity contribution < 1.29 is 13.5 Å². The van der Waals surface area contributed by atoms with Crippen LogP contribution in [0, 0.1) is 0 Å². The third-order valence-electron chi connectivity index (χ3n) is 2.92. The first-order valence-corrected chi connectivity index (χ1v) is 8.56. The van der Waals surface area contributed by atoms with Crippen molar-refractivity contribution in [3.05, 3.63) is 17.0 Å². The lowest BCUT2D eigenvalue weighted by Crippen LogP contribution is -2.31. The predicted molar refractivity (Wildman–Crippen MR) is 77.8 cm³/mol. The molecule has 0 aliphatic rings. The summed E-state index contributed by atoms with van der Waals surface area (Å²) in [6.45, 7) is 5.36. The van der Waals surface area contributed by atoms with Crippen molar-refractivity contribution in [2.45, 2.75) is 37.1 Å². The molecular weight excluding hydrogens is 284 g/mol. The molecule has 1 heterocycles. The van der Waals surface area contributed by atoms with E-state index in [0.717, 1.165) is 24.3 Å². The second kappa shape index (κ2) is 7.35. The Morgan fingerprint density at radius 3 is 2.63 bits per heavy atom. The molecule has 0 aliphatic carbocycles. The summed E-state index contributed by atoms with van der Waals surface area (Å²) in [7, 11) is -1.41. The molecule has 1 rings (SSSR count). The fourth-order valence-electron chi connectivity index (χ4n) is 1.45. The van der Waals surface area contributed by atoms with E-state index in [1.54, 1.807) is 6.07 Å². The van der Waals surface area contributed by atoms with Gasteiger partial charge in [-0.05, 0) is 46.0 Å². The smallest absolute Gasteiger partial charge is 0.250 e. The second-order valence-corrected chi connectivity index (χ2v) is 7.87. The summed E-state index contributed by atoms with van der Waals surface area (Å²) in [6, 6.07) is 3.62. The number of sulfonamides is 1. The van der Waals surface area contributed by atoms with Crippen LogP contribution in [0.5, 0.6) is 0 Å². The van der Waals surface area contributed by atoms with Crippen LogP contribution >= 0.6 is 11.3 Å². The van der Waals surface area contributed by atoms with Gasteiger partial charge < -0.3 is 10.0 Å². The first kappa shape index (κ1) is 16.6. The molecule has 19 heavy (non-hydrogen) atoms. The topological polar surface area (TPSA) is 69.6 Å². The Hall–Kier alpha value is -0.470. The Morgan fingerprint density at radius 2 is 2.11 bits per heavy atom. The third kappa shape index (κ3) is 5.19. The zero-order chi connectivity index (χ0) is 14.5. The van der Waals surface area contributed by atoms with Crippen molar-refractivity contribution >= 4 is 21.4 Å². The molecular formula is C12H22N2O3S2. The van der Waals surface area contributed by atoms with E-state index in [4.69, 9.17) is 5.11 Å². The van der Waals surface area contributed by atoms with Crippen LogP contribution in [0.2, 0.25) is 0 Å². The Bertz CT molecular complexity index is 483. The molecule has 0 aliphatic heterocycles. The van der Waals surface area contributed by atoms with E-state index < -0.39 is 10.0 Å². The van der Waals surface area contributed by atoms with E-state index in [-0.39, 0.29) is 10.8 Å². The van der Waals surface area contributed by atoms with Crippen LogP contribution < -0.4 is 4.72 Å². The van der Waals surface area contributed by atoms with E-state index in [1.807, 2.05) is 7.05 Å². The van der Waals surface area contributed by atoms with Gasteiger partial charge in [0.25, 0.3) is 0 Å². The first-order chi connectivity index (χ1) is 8.86. The molecule has 0 bridgehead atoms. The number of hydrogen-bond donors (Lipinski definition) is 2. The van der Waals surface area contributed by atoms with Gasteiger partial charge in [0.1, 0.15) is 4.21 Å². The molecule has 7 heteroatoms. The molecule has 110 valence electrons. The van der Waals surface area contributed by atoms with Crippen molar-refractivity contribution in [3.63, 3.8) is 0 Å². The number of aliphatic hydroxyl groups is 1. The number of nitrogens with zero attached hydrogens (tertiary/aromatic N) is 1. The fraction of sp³-hybridized carbons (Fsp3) is 0.667. The van der Waals surface area contributed by atoms with Gasteiger partial charge in [0, 0.05) is 17.5 Å². The largest absolute Gasteiger partial charge is 0.391 e. The van der Waals surface area contributed by atoms with E-state index in [9.17, 15) is 8.42 Å². The second-order valence-electron chi connectivity index (χ2n) is 4.70. The van der Waals surface area contributed by atoms with Gasteiger partial charge in [-0.1, -0.05) is 0 Å². The van der Waals surface area contributed by atoms with E-state index in [2.05, 4.69) is 23.5 Å². The van der Waals surface area contributed by atoms with Crippen LogP contribution in [0.3, 0.4) is 0 Å². The first-order valence-electron chi connectivity index (χ1n) is 6.26. The predicted octanol–water partition coefficient (Wildman–Crippen LogP) is 1.25. The highest BCUT2D eigenvalue weighted by Crippen LogP contribution is 2.21. The SMILES string of the molecule is CC(C)N(C)CCCNS(=O)(=O)c1ccc(CO)s1. The summed E-state index contributed by atoms with van der Waals surface area (Å²) in [5, 5.41) is 8.93. The fourth-order valence-corrected chi connectivity index (χ4v) is 3.79. The highest BCUT2D eigenvalue weighted by molar-refractivity contribution is 7.91. The van der Waals surface area contributed by atoms with Crippen LogP contribution in [-0.4, -0.2) is 44.6 Å². The van der Waals surface area contributed by atoms with Crippen molar-refractivity contribution in [1.82, 2.24) is 9.62 Å². The summed E-state index contributed by atoms with van der Waals surface area (Å²) in [4.78, 5) is 2.82. The van der Waals surface area contributed by atoms with Crippen LogP contribution in [0.4, 0.5) is 0 Å². The Kier molecular flexibility index (Phi) is 6.41. The monoisotopic (exact) mass is 306 g/mol. The van der Waals surface area contributed by atoms with Gasteiger partial charge in [0.2, 0.25) is 10.0 Å². The summed E-state index contributed by atoms with van der Waals surface area (Å²) in [5.74, 6) is 0. The molecule has 2 N–H and O–H groups in total.